The summed E-state index contributed by atoms with van der Waals surface area (Å²) >= 11 is 4.24. The number of anilines is 1. The monoisotopic (exact) mass is 734 g/mol. The summed E-state index contributed by atoms with van der Waals surface area (Å²) in [4.78, 5) is 68.3. The van der Waals surface area contributed by atoms with Crippen LogP contribution < -0.4 is 25.6 Å². The molecular weight excluding hydrogens is 685 g/mol. The van der Waals surface area contributed by atoms with E-state index < -0.39 is 70.3 Å². The smallest absolute Gasteiger partial charge is 0.326 e. The van der Waals surface area contributed by atoms with Gasteiger partial charge in [-0.2, -0.15) is 12.6 Å². The number of carboxylic acids is 1. The average Bonchev–Trinajstić information content (AvgIpc) is 3.57. The van der Waals surface area contributed by atoms with E-state index in [4.69, 9.17) is 0 Å². The zero-order valence-electron chi connectivity index (χ0n) is 29.4. The lowest BCUT2D eigenvalue weighted by Gasteiger charge is -2.31. The lowest BCUT2D eigenvalue weighted by Crippen LogP contribution is -2.59. The zero-order chi connectivity index (χ0) is 37.3. The van der Waals surface area contributed by atoms with Crippen molar-refractivity contribution in [1.29, 1.82) is 0 Å². The fraction of sp³-hybridized carbons (Fsp3) is 0.559. The highest BCUT2D eigenvalue weighted by Gasteiger charge is 2.39. The van der Waals surface area contributed by atoms with E-state index in [9.17, 15) is 37.5 Å². The molecule has 3 rings (SSSR count). The SMILES string of the molecule is CC[C@H](C)[C@H](NC(=O)[C@@H]1CCCN1C(=O)[C@H](CS)NC(=O)CNS(=O)(=O)c1cccc2c(N(C)C)cccc12)C(=O)N[C@@H](CC(C)C)C(=O)O. The fourth-order valence-electron chi connectivity index (χ4n) is 5.97. The molecule has 1 aliphatic rings. The molecule has 2 aromatic carbocycles. The Hall–Kier alpha value is -3.89. The van der Waals surface area contributed by atoms with Crippen LogP contribution in [0.3, 0.4) is 0 Å². The number of amides is 4. The summed E-state index contributed by atoms with van der Waals surface area (Å²) in [6, 6.07) is 5.93. The van der Waals surface area contributed by atoms with Crippen molar-refractivity contribution in [2.24, 2.45) is 11.8 Å². The van der Waals surface area contributed by atoms with Crippen LogP contribution in [0.25, 0.3) is 10.8 Å². The Balaban J connectivity index is 1.68. The summed E-state index contributed by atoms with van der Waals surface area (Å²) in [5.41, 5.74) is 0.827. The second-order valence-corrected chi connectivity index (χ2v) is 15.3. The molecule has 1 heterocycles. The normalized spacial score (nSPS) is 17.1. The summed E-state index contributed by atoms with van der Waals surface area (Å²) in [5, 5.41) is 18.6. The van der Waals surface area contributed by atoms with E-state index in [0.29, 0.717) is 24.6 Å². The molecule has 0 bridgehead atoms. The molecule has 0 aliphatic carbocycles. The van der Waals surface area contributed by atoms with E-state index in [-0.39, 0.29) is 35.4 Å². The number of benzene rings is 2. The molecule has 16 heteroatoms. The Kier molecular flexibility index (Phi) is 14.5. The number of rotatable bonds is 17. The summed E-state index contributed by atoms with van der Waals surface area (Å²) in [5.74, 6) is -4.16. The Morgan fingerprint density at radius 1 is 0.980 bits per heavy atom. The van der Waals surface area contributed by atoms with Gasteiger partial charge in [0.05, 0.1) is 11.4 Å². The van der Waals surface area contributed by atoms with Gasteiger partial charge in [0.25, 0.3) is 0 Å². The van der Waals surface area contributed by atoms with Gasteiger partial charge in [-0.25, -0.2) is 17.9 Å². The minimum atomic E-state index is -4.13. The van der Waals surface area contributed by atoms with Crippen LogP contribution in [-0.4, -0.2) is 105 Å². The number of carbonyl (C=O) groups excluding carboxylic acids is 4. The van der Waals surface area contributed by atoms with Crippen molar-refractivity contribution in [1.82, 2.24) is 25.6 Å². The van der Waals surface area contributed by atoms with Gasteiger partial charge in [-0.3, -0.25) is 19.2 Å². The second-order valence-electron chi connectivity index (χ2n) is 13.2. The molecule has 1 aliphatic heterocycles. The van der Waals surface area contributed by atoms with Crippen molar-refractivity contribution in [3.05, 3.63) is 36.4 Å². The number of hydrogen-bond acceptors (Lipinski definition) is 9. The van der Waals surface area contributed by atoms with Gasteiger partial charge in [0.1, 0.15) is 24.2 Å². The first kappa shape index (κ1) is 40.5. The summed E-state index contributed by atoms with van der Waals surface area (Å²) in [6.07, 6.45) is 1.53. The maximum atomic E-state index is 13.6. The molecule has 50 heavy (non-hydrogen) atoms. The van der Waals surface area contributed by atoms with E-state index in [2.05, 4.69) is 33.3 Å². The Morgan fingerprint density at radius 2 is 1.64 bits per heavy atom. The topological polar surface area (TPSA) is 194 Å². The number of nitrogens with one attached hydrogen (secondary N) is 4. The number of carbonyl (C=O) groups is 5. The van der Waals surface area contributed by atoms with Crippen LogP contribution in [0.2, 0.25) is 0 Å². The number of thiol groups is 1. The molecule has 0 saturated carbocycles. The van der Waals surface area contributed by atoms with Crippen molar-refractivity contribution in [3.8, 4) is 0 Å². The van der Waals surface area contributed by atoms with Gasteiger partial charge in [-0.15, -0.1) is 0 Å². The van der Waals surface area contributed by atoms with Crippen molar-refractivity contribution in [2.45, 2.75) is 82.4 Å². The quantitative estimate of drug-likeness (QED) is 0.131. The molecule has 5 atom stereocenters. The predicted octanol–water partition coefficient (Wildman–Crippen LogP) is 1.74. The van der Waals surface area contributed by atoms with Gasteiger partial charge in [-0.05, 0) is 43.2 Å². The molecule has 1 fully saturated rings. The fourth-order valence-corrected chi connectivity index (χ4v) is 7.42. The molecule has 1 saturated heterocycles. The number of carboxylic acid groups (broad SMARTS) is 1. The van der Waals surface area contributed by atoms with Gasteiger partial charge in [0.15, 0.2) is 0 Å². The molecule has 5 N–H and O–H groups in total. The molecule has 2 aromatic rings. The molecule has 276 valence electrons. The minimum Gasteiger partial charge on any atom is -0.480 e. The third-order valence-corrected chi connectivity index (χ3v) is 10.6. The number of fused-ring (bicyclic) bond motifs is 1. The third kappa shape index (κ3) is 10.1. The summed E-state index contributed by atoms with van der Waals surface area (Å²) < 4.78 is 28.9. The number of likely N-dealkylation sites (tertiary alicyclic amines) is 1. The van der Waals surface area contributed by atoms with Gasteiger partial charge < -0.3 is 30.9 Å². The standard InChI is InChI=1S/C34H50N6O8S2/c1-7-21(4)30(32(43)37-24(34(45)46)17-20(2)3)38-31(42)27-14-10-16-40(27)33(44)25(19-49)36-29(41)18-35-50(47,48)28-15-9-11-22-23(28)12-8-13-26(22)39(5)6/h8-9,11-13,15,20-21,24-25,27,30,35,49H,7,10,14,16-19H2,1-6H3,(H,36,41)(H,37,43)(H,38,42)(H,45,46)/t21-,24-,25-,27-,30-/m0/s1. The van der Waals surface area contributed by atoms with Gasteiger partial charge in [-0.1, -0.05) is 58.4 Å². The zero-order valence-corrected chi connectivity index (χ0v) is 31.1. The van der Waals surface area contributed by atoms with E-state index >= 15 is 0 Å². The third-order valence-electron chi connectivity index (χ3n) is 8.82. The van der Waals surface area contributed by atoms with Crippen LogP contribution in [0.5, 0.6) is 0 Å². The van der Waals surface area contributed by atoms with Gasteiger partial charge in [0, 0.05) is 42.9 Å². The van der Waals surface area contributed by atoms with Crippen molar-refractivity contribution < 1.29 is 37.5 Å². The van der Waals surface area contributed by atoms with E-state index in [0.717, 1.165) is 11.1 Å². The number of hydrogen-bond donors (Lipinski definition) is 6. The maximum absolute atomic E-state index is 13.6. The van der Waals surface area contributed by atoms with Crippen molar-refractivity contribution in [3.63, 3.8) is 0 Å². The minimum absolute atomic E-state index is 0.00187. The molecule has 0 aromatic heterocycles. The largest absolute Gasteiger partial charge is 0.480 e. The van der Waals surface area contributed by atoms with Crippen LogP contribution in [0.4, 0.5) is 5.69 Å². The first-order valence-corrected chi connectivity index (χ1v) is 18.9. The lowest BCUT2D eigenvalue weighted by molar-refractivity contribution is -0.144. The number of nitrogens with zero attached hydrogens (tertiary/aromatic N) is 2. The van der Waals surface area contributed by atoms with Gasteiger partial charge >= 0.3 is 5.97 Å². The number of aliphatic carboxylic acids is 1. The highest BCUT2D eigenvalue weighted by atomic mass is 32.2. The Morgan fingerprint density at radius 3 is 2.24 bits per heavy atom. The van der Waals surface area contributed by atoms with Crippen LogP contribution in [0.15, 0.2) is 41.3 Å². The Bertz CT molecular complexity index is 1670. The van der Waals surface area contributed by atoms with E-state index in [1.807, 2.05) is 51.9 Å². The average molecular weight is 735 g/mol. The predicted molar refractivity (Wildman–Crippen MR) is 194 cm³/mol. The summed E-state index contributed by atoms with van der Waals surface area (Å²) in [6.45, 7) is 6.86. The molecule has 0 unspecified atom stereocenters. The molecular formula is C34H50N6O8S2. The molecule has 4 amide bonds. The van der Waals surface area contributed by atoms with Crippen LogP contribution in [-0.2, 0) is 34.0 Å². The van der Waals surface area contributed by atoms with E-state index in [1.54, 1.807) is 25.1 Å². The highest BCUT2D eigenvalue weighted by Crippen LogP contribution is 2.30. The second kappa shape index (κ2) is 17.9. The summed E-state index contributed by atoms with van der Waals surface area (Å²) in [7, 11) is -0.428. The first-order chi connectivity index (χ1) is 23.5. The lowest BCUT2D eigenvalue weighted by atomic mass is 9.96. The molecule has 14 nitrogen and oxygen atoms in total. The Labute approximate surface area is 299 Å². The van der Waals surface area contributed by atoms with Crippen molar-refractivity contribution in [2.75, 3.05) is 37.8 Å². The number of sulfonamides is 1. The first-order valence-electron chi connectivity index (χ1n) is 16.7. The van der Waals surface area contributed by atoms with Crippen LogP contribution >= 0.6 is 12.6 Å². The van der Waals surface area contributed by atoms with Crippen LogP contribution in [0, 0.1) is 11.8 Å². The highest BCUT2D eigenvalue weighted by molar-refractivity contribution is 7.89. The van der Waals surface area contributed by atoms with E-state index in [1.165, 1.54) is 11.0 Å². The molecule has 0 radical (unpaired) electrons. The van der Waals surface area contributed by atoms with Crippen LogP contribution in [0.1, 0.15) is 53.4 Å². The maximum Gasteiger partial charge on any atom is 0.326 e. The van der Waals surface area contributed by atoms with Gasteiger partial charge in [0.2, 0.25) is 33.7 Å². The molecule has 0 spiro atoms. The van der Waals surface area contributed by atoms with Crippen molar-refractivity contribution >= 4 is 68.7 Å².